The van der Waals surface area contributed by atoms with Crippen molar-refractivity contribution in [3.8, 4) is 5.75 Å². The summed E-state index contributed by atoms with van der Waals surface area (Å²) < 4.78 is 10.5. The number of nitrogens with zero attached hydrogens (tertiary/aromatic N) is 1. The van der Waals surface area contributed by atoms with E-state index in [0.29, 0.717) is 11.6 Å². The molecule has 0 aliphatic carbocycles. The Morgan fingerprint density at radius 2 is 1.91 bits per heavy atom. The van der Waals surface area contributed by atoms with Crippen molar-refractivity contribution in [3.63, 3.8) is 0 Å². The van der Waals surface area contributed by atoms with Gasteiger partial charge in [-0.15, -0.1) is 0 Å². The summed E-state index contributed by atoms with van der Waals surface area (Å²) in [6, 6.07) is 15.0. The van der Waals surface area contributed by atoms with Crippen molar-refractivity contribution < 1.29 is 14.3 Å². The summed E-state index contributed by atoms with van der Waals surface area (Å²) in [5.41, 5.74) is 2.95. The fourth-order valence-electron chi connectivity index (χ4n) is 2.26. The van der Waals surface area contributed by atoms with E-state index in [1.807, 2.05) is 55.5 Å². The van der Waals surface area contributed by atoms with Crippen LogP contribution in [0.25, 0.3) is 6.08 Å². The number of hydrogen-bond acceptors (Lipinski definition) is 4. The molecule has 0 amide bonds. The first kappa shape index (κ1) is 14.1. The first-order chi connectivity index (χ1) is 10.7. The van der Waals surface area contributed by atoms with Gasteiger partial charge in [-0.05, 0) is 48.4 Å². The van der Waals surface area contributed by atoms with E-state index in [2.05, 4.69) is 4.99 Å². The van der Waals surface area contributed by atoms with Gasteiger partial charge in [0.2, 0.25) is 5.90 Å². The minimum Gasteiger partial charge on any atom is -0.496 e. The van der Waals surface area contributed by atoms with Gasteiger partial charge in [-0.2, -0.15) is 0 Å². The minimum absolute atomic E-state index is 0.295. The predicted octanol–water partition coefficient (Wildman–Crippen LogP) is 3.35. The highest BCUT2D eigenvalue weighted by atomic mass is 16.6. The Labute approximate surface area is 128 Å². The number of esters is 1. The Bertz CT molecular complexity index is 776. The number of aliphatic imine (C=N–C) groups is 1. The van der Waals surface area contributed by atoms with Crippen molar-refractivity contribution in [2.75, 3.05) is 7.11 Å². The average Bonchev–Trinajstić information content (AvgIpc) is 2.89. The van der Waals surface area contributed by atoms with Crippen LogP contribution >= 0.6 is 0 Å². The van der Waals surface area contributed by atoms with Crippen LogP contribution in [-0.2, 0) is 9.53 Å². The SMILES string of the molecule is COc1ccc(/C=C2\N=C(c3ccccc3)OC2=O)cc1C. The zero-order chi connectivity index (χ0) is 15.5. The molecule has 0 N–H and O–H groups in total. The van der Waals surface area contributed by atoms with E-state index >= 15 is 0 Å². The molecule has 0 aromatic heterocycles. The molecule has 0 spiro atoms. The average molecular weight is 293 g/mol. The second-order valence-corrected chi connectivity index (χ2v) is 4.93. The number of carbonyl (C=O) groups is 1. The molecule has 0 unspecified atom stereocenters. The summed E-state index contributed by atoms with van der Waals surface area (Å²) in [7, 11) is 1.63. The lowest BCUT2D eigenvalue weighted by Crippen LogP contribution is -2.04. The van der Waals surface area contributed by atoms with E-state index in [-0.39, 0.29) is 0 Å². The Hall–Kier alpha value is -2.88. The van der Waals surface area contributed by atoms with E-state index in [1.165, 1.54) is 0 Å². The molecule has 1 aliphatic heterocycles. The number of aryl methyl sites for hydroxylation is 1. The molecule has 0 bridgehead atoms. The summed E-state index contributed by atoms with van der Waals surface area (Å²) in [6.45, 7) is 1.95. The molecule has 0 fully saturated rings. The molecule has 0 atom stereocenters. The first-order valence-electron chi connectivity index (χ1n) is 6.90. The third-order valence-corrected chi connectivity index (χ3v) is 3.36. The van der Waals surface area contributed by atoms with Gasteiger partial charge in [0.25, 0.3) is 0 Å². The Balaban J connectivity index is 1.92. The zero-order valence-electron chi connectivity index (χ0n) is 12.4. The molecule has 110 valence electrons. The highest BCUT2D eigenvalue weighted by Crippen LogP contribution is 2.23. The highest BCUT2D eigenvalue weighted by Gasteiger charge is 2.23. The second kappa shape index (κ2) is 5.85. The molecule has 2 aromatic carbocycles. The topological polar surface area (TPSA) is 47.9 Å². The molecular weight excluding hydrogens is 278 g/mol. The normalized spacial score (nSPS) is 15.6. The van der Waals surface area contributed by atoms with Crippen LogP contribution in [-0.4, -0.2) is 19.0 Å². The quantitative estimate of drug-likeness (QED) is 0.644. The lowest BCUT2D eigenvalue weighted by atomic mass is 10.1. The minimum atomic E-state index is -0.438. The molecule has 3 rings (SSSR count). The predicted molar refractivity (Wildman–Crippen MR) is 84.8 cm³/mol. The molecule has 22 heavy (non-hydrogen) atoms. The van der Waals surface area contributed by atoms with Gasteiger partial charge in [0.15, 0.2) is 5.70 Å². The maximum atomic E-state index is 11.9. The summed E-state index contributed by atoms with van der Waals surface area (Å²) >= 11 is 0. The molecule has 4 heteroatoms. The molecule has 0 saturated carbocycles. The fourth-order valence-corrected chi connectivity index (χ4v) is 2.26. The van der Waals surface area contributed by atoms with Crippen molar-refractivity contribution in [2.45, 2.75) is 6.92 Å². The third-order valence-electron chi connectivity index (χ3n) is 3.36. The van der Waals surface area contributed by atoms with E-state index in [9.17, 15) is 4.79 Å². The first-order valence-corrected chi connectivity index (χ1v) is 6.90. The van der Waals surface area contributed by atoms with Crippen molar-refractivity contribution in [1.82, 2.24) is 0 Å². The lowest BCUT2D eigenvalue weighted by molar-refractivity contribution is -0.129. The molecular formula is C18H15NO3. The van der Waals surface area contributed by atoms with Crippen LogP contribution in [0.15, 0.2) is 59.2 Å². The van der Waals surface area contributed by atoms with Gasteiger partial charge >= 0.3 is 5.97 Å². The summed E-state index contributed by atoms with van der Waals surface area (Å²) in [6.07, 6.45) is 1.71. The van der Waals surface area contributed by atoms with Crippen LogP contribution in [0.2, 0.25) is 0 Å². The van der Waals surface area contributed by atoms with Crippen molar-refractivity contribution >= 4 is 17.9 Å². The van der Waals surface area contributed by atoms with Crippen molar-refractivity contribution in [2.24, 2.45) is 4.99 Å². The van der Waals surface area contributed by atoms with Gasteiger partial charge in [-0.3, -0.25) is 0 Å². The van der Waals surface area contributed by atoms with E-state index in [4.69, 9.17) is 9.47 Å². The maximum absolute atomic E-state index is 11.9. The standard InChI is InChI=1S/C18H15NO3/c1-12-10-13(8-9-16(12)21-2)11-15-18(20)22-17(19-15)14-6-4-3-5-7-14/h3-11H,1-2H3/b15-11-. The lowest BCUT2D eigenvalue weighted by Gasteiger charge is -2.04. The van der Waals surface area contributed by atoms with Gasteiger partial charge in [0.1, 0.15) is 5.75 Å². The van der Waals surface area contributed by atoms with Gasteiger partial charge in [-0.25, -0.2) is 9.79 Å². The second-order valence-electron chi connectivity index (χ2n) is 4.93. The molecule has 4 nitrogen and oxygen atoms in total. The van der Waals surface area contributed by atoms with Crippen LogP contribution in [0, 0.1) is 6.92 Å². The number of cyclic esters (lactones) is 1. The van der Waals surface area contributed by atoms with Crippen LogP contribution in [0.4, 0.5) is 0 Å². The van der Waals surface area contributed by atoms with Crippen molar-refractivity contribution in [3.05, 3.63) is 70.9 Å². The highest BCUT2D eigenvalue weighted by molar-refractivity contribution is 6.12. The Kier molecular flexibility index (Phi) is 3.74. The molecule has 0 radical (unpaired) electrons. The Morgan fingerprint density at radius 3 is 2.59 bits per heavy atom. The number of ether oxygens (including phenoxy) is 2. The number of carbonyl (C=O) groups excluding carboxylic acids is 1. The van der Waals surface area contributed by atoms with Gasteiger partial charge in [0.05, 0.1) is 7.11 Å². The zero-order valence-corrected chi connectivity index (χ0v) is 12.4. The summed E-state index contributed by atoms with van der Waals surface area (Å²) in [5.74, 6) is 0.707. The molecule has 1 heterocycles. The van der Waals surface area contributed by atoms with E-state index in [0.717, 1.165) is 22.4 Å². The summed E-state index contributed by atoms with van der Waals surface area (Å²) in [5, 5.41) is 0. The monoisotopic (exact) mass is 293 g/mol. The van der Waals surface area contributed by atoms with Gasteiger partial charge in [0, 0.05) is 5.56 Å². The number of hydrogen-bond donors (Lipinski definition) is 0. The third kappa shape index (κ3) is 2.76. The van der Waals surface area contributed by atoms with E-state index in [1.54, 1.807) is 13.2 Å². The maximum Gasteiger partial charge on any atom is 0.363 e. The smallest absolute Gasteiger partial charge is 0.363 e. The van der Waals surface area contributed by atoms with Crippen LogP contribution in [0.3, 0.4) is 0 Å². The fraction of sp³-hybridized carbons (Fsp3) is 0.111. The molecule has 0 saturated heterocycles. The van der Waals surface area contributed by atoms with Gasteiger partial charge in [-0.1, -0.05) is 24.3 Å². The van der Waals surface area contributed by atoms with Gasteiger partial charge < -0.3 is 9.47 Å². The van der Waals surface area contributed by atoms with E-state index < -0.39 is 5.97 Å². The number of benzene rings is 2. The molecule has 2 aromatic rings. The van der Waals surface area contributed by atoms with Crippen LogP contribution in [0.5, 0.6) is 5.75 Å². The Morgan fingerprint density at radius 1 is 1.14 bits per heavy atom. The van der Waals surface area contributed by atoms with Crippen LogP contribution in [0.1, 0.15) is 16.7 Å². The number of rotatable bonds is 3. The summed E-state index contributed by atoms with van der Waals surface area (Å²) in [4.78, 5) is 16.2. The molecule has 1 aliphatic rings. The largest absolute Gasteiger partial charge is 0.496 e. The number of methoxy groups -OCH3 is 1. The van der Waals surface area contributed by atoms with Crippen molar-refractivity contribution in [1.29, 1.82) is 0 Å². The van der Waals surface area contributed by atoms with Crippen LogP contribution < -0.4 is 4.74 Å².